The first kappa shape index (κ1) is 19.1. The minimum absolute atomic E-state index is 0.211. The second kappa shape index (κ2) is 8.85. The number of thiazole rings is 1. The summed E-state index contributed by atoms with van der Waals surface area (Å²) >= 11 is 1.58. The summed E-state index contributed by atoms with van der Waals surface area (Å²) in [7, 11) is 0. The van der Waals surface area contributed by atoms with Gasteiger partial charge in [-0.05, 0) is 18.2 Å². The number of aromatic carboxylic acids is 1. The Morgan fingerprint density at radius 2 is 1.97 bits per heavy atom. The first-order valence-electron chi connectivity index (χ1n) is 9.22. The van der Waals surface area contributed by atoms with Crippen LogP contribution in [0.3, 0.4) is 0 Å². The lowest BCUT2D eigenvalue weighted by molar-refractivity contribution is 0.0697. The SMILES string of the molecule is O=C(O)c1cccc(NN=Cc2sc(N3CCOCC3)nc2-c2ccccc2)c1. The molecule has 29 heavy (non-hydrogen) atoms. The number of carbonyl (C=O) groups is 1. The van der Waals surface area contributed by atoms with Gasteiger partial charge in [0.25, 0.3) is 0 Å². The predicted molar refractivity (Wildman–Crippen MR) is 115 cm³/mol. The van der Waals surface area contributed by atoms with Crippen LogP contribution < -0.4 is 10.3 Å². The monoisotopic (exact) mass is 408 g/mol. The summed E-state index contributed by atoms with van der Waals surface area (Å²) in [5.74, 6) is -0.971. The standard InChI is InChI=1S/C21H20N4O3S/c26-20(27)16-7-4-8-17(13-16)24-22-14-18-19(15-5-2-1-3-6-15)23-21(29-18)25-9-11-28-12-10-25/h1-8,13-14,24H,9-12H2,(H,26,27). The van der Waals surface area contributed by atoms with Gasteiger partial charge >= 0.3 is 5.97 Å². The number of aromatic nitrogens is 1. The Bertz CT molecular complexity index is 1010. The summed E-state index contributed by atoms with van der Waals surface area (Å²) in [4.78, 5) is 19.1. The summed E-state index contributed by atoms with van der Waals surface area (Å²) in [6, 6.07) is 16.5. The van der Waals surface area contributed by atoms with E-state index in [0.29, 0.717) is 18.9 Å². The number of carboxylic acids is 1. The molecule has 2 heterocycles. The lowest BCUT2D eigenvalue weighted by Crippen LogP contribution is -2.36. The highest BCUT2D eigenvalue weighted by Gasteiger charge is 2.18. The molecule has 0 amide bonds. The number of hydrogen-bond acceptors (Lipinski definition) is 7. The van der Waals surface area contributed by atoms with Crippen LogP contribution in [0, 0.1) is 0 Å². The number of nitrogens with zero attached hydrogens (tertiary/aromatic N) is 3. The number of hydrazone groups is 1. The Kier molecular flexibility index (Phi) is 5.83. The van der Waals surface area contributed by atoms with Gasteiger partial charge in [-0.25, -0.2) is 9.78 Å². The lowest BCUT2D eigenvalue weighted by atomic mass is 10.1. The van der Waals surface area contributed by atoms with Crippen LogP contribution in [0.15, 0.2) is 59.7 Å². The van der Waals surface area contributed by atoms with Gasteiger partial charge in [0, 0.05) is 18.7 Å². The molecule has 1 saturated heterocycles. The van der Waals surface area contributed by atoms with Crippen molar-refractivity contribution in [3.05, 3.63) is 65.0 Å². The molecule has 0 radical (unpaired) electrons. The summed E-state index contributed by atoms with van der Waals surface area (Å²) in [5, 5.41) is 14.4. The molecule has 1 fully saturated rings. The van der Waals surface area contributed by atoms with Crippen molar-refractivity contribution in [1.29, 1.82) is 0 Å². The van der Waals surface area contributed by atoms with Crippen LogP contribution in [0.1, 0.15) is 15.2 Å². The van der Waals surface area contributed by atoms with Crippen LogP contribution in [-0.2, 0) is 4.74 Å². The predicted octanol–water partition coefficient (Wildman–Crippen LogP) is 3.79. The van der Waals surface area contributed by atoms with Crippen molar-refractivity contribution in [2.45, 2.75) is 0 Å². The summed E-state index contributed by atoms with van der Waals surface area (Å²) < 4.78 is 5.44. The molecule has 3 aromatic rings. The molecule has 0 unspecified atom stereocenters. The molecule has 8 heteroatoms. The number of ether oxygens (including phenoxy) is 1. The van der Waals surface area contributed by atoms with Crippen LogP contribution >= 0.6 is 11.3 Å². The Morgan fingerprint density at radius 3 is 2.72 bits per heavy atom. The van der Waals surface area contributed by atoms with Crippen LogP contribution in [0.5, 0.6) is 0 Å². The Balaban J connectivity index is 1.59. The Morgan fingerprint density at radius 1 is 1.17 bits per heavy atom. The molecule has 0 aliphatic carbocycles. The van der Waals surface area contributed by atoms with E-state index >= 15 is 0 Å². The average Bonchev–Trinajstić information content (AvgIpc) is 3.19. The van der Waals surface area contributed by atoms with Crippen LogP contribution in [0.4, 0.5) is 10.8 Å². The van der Waals surface area contributed by atoms with E-state index in [4.69, 9.17) is 14.8 Å². The van der Waals surface area contributed by atoms with E-state index in [1.54, 1.807) is 41.8 Å². The number of benzene rings is 2. The van der Waals surface area contributed by atoms with Gasteiger partial charge < -0.3 is 14.7 Å². The normalized spacial score (nSPS) is 14.3. The van der Waals surface area contributed by atoms with Gasteiger partial charge in [0.05, 0.1) is 41.3 Å². The van der Waals surface area contributed by atoms with Crippen molar-refractivity contribution >= 4 is 34.3 Å². The molecule has 0 saturated carbocycles. The molecule has 7 nitrogen and oxygen atoms in total. The van der Waals surface area contributed by atoms with Gasteiger partial charge in [-0.3, -0.25) is 5.43 Å². The number of nitrogens with one attached hydrogen (secondary N) is 1. The molecular weight excluding hydrogens is 388 g/mol. The quantitative estimate of drug-likeness (QED) is 0.477. The second-order valence-electron chi connectivity index (χ2n) is 6.43. The van der Waals surface area contributed by atoms with E-state index in [1.807, 2.05) is 30.3 Å². The largest absolute Gasteiger partial charge is 0.478 e. The summed E-state index contributed by atoms with van der Waals surface area (Å²) in [5.41, 5.74) is 5.63. The zero-order chi connectivity index (χ0) is 20.1. The van der Waals surface area contributed by atoms with Crippen molar-refractivity contribution in [2.24, 2.45) is 5.10 Å². The molecule has 0 bridgehead atoms. The maximum atomic E-state index is 11.1. The zero-order valence-corrected chi connectivity index (χ0v) is 16.4. The van der Waals surface area contributed by atoms with Crippen molar-refractivity contribution in [1.82, 2.24) is 4.98 Å². The van der Waals surface area contributed by atoms with Crippen molar-refractivity contribution in [3.63, 3.8) is 0 Å². The Labute approximate surface area is 172 Å². The van der Waals surface area contributed by atoms with Crippen LogP contribution in [-0.4, -0.2) is 48.6 Å². The van der Waals surface area contributed by atoms with Gasteiger partial charge in [0.1, 0.15) is 0 Å². The van der Waals surface area contributed by atoms with E-state index in [1.165, 1.54) is 0 Å². The second-order valence-corrected chi connectivity index (χ2v) is 7.44. The van der Waals surface area contributed by atoms with E-state index in [9.17, 15) is 4.79 Å². The number of carboxylic acid groups (broad SMARTS) is 1. The minimum Gasteiger partial charge on any atom is -0.478 e. The van der Waals surface area contributed by atoms with Crippen molar-refractivity contribution in [3.8, 4) is 11.3 Å². The van der Waals surface area contributed by atoms with Crippen LogP contribution in [0.2, 0.25) is 0 Å². The number of hydrogen-bond donors (Lipinski definition) is 2. The van der Waals surface area contributed by atoms with E-state index < -0.39 is 5.97 Å². The molecule has 2 N–H and O–H groups in total. The highest BCUT2D eigenvalue weighted by molar-refractivity contribution is 7.17. The fourth-order valence-corrected chi connectivity index (χ4v) is 4.00. The number of anilines is 2. The highest BCUT2D eigenvalue weighted by Crippen LogP contribution is 2.32. The fraction of sp³-hybridized carbons (Fsp3) is 0.190. The average molecular weight is 408 g/mol. The van der Waals surface area contributed by atoms with Gasteiger partial charge in [0.2, 0.25) is 0 Å². The number of morpholine rings is 1. The first-order chi connectivity index (χ1) is 14.2. The lowest BCUT2D eigenvalue weighted by Gasteiger charge is -2.26. The van der Waals surface area contributed by atoms with Gasteiger partial charge in [-0.15, -0.1) is 0 Å². The summed E-state index contributed by atoms with van der Waals surface area (Å²) in [6.07, 6.45) is 1.73. The highest BCUT2D eigenvalue weighted by atomic mass is 32.1. The molecular formula is C21H20N4O3S. The van der Waals surface area contributed by atoms with Gasteiger partial charge in [-0.2, -0.15) is 5.10 Å². The maximum Gasteiger partial charge on any atom is 0.335 e. The van der Waals surface area contributed by atoms with E-state index in [-0.39, 0.29) is 5.56 Å². The maximum absolute atomic E-state index is 11.1. The van der Waals surface area contributed by atoms with E-state index in [0.717, 1.165) is 34.4 Å². The van der Waals surface area contributed by atoms with Gasteiger partial charge in [-0.1, -0.05) is 47.7 Å². The first-order valence-corrected chi connectivity index (χ1v) is 10.0. The topological polar surface area (TPSA) is 87.0 Å². The molecule has 1 aliphatic heterocycles. The summed E-state index contributed by atoms with van der Waals surface area (Å²) in [6.45, 7) is 3.04. The molecule has 148 valence electrons. The molecule has 0 atom stereocenters. The third-order valence-electron chi connectivity index (χ3n) is 4.46. The molecule has 4 rings (SSSR count). The number of rotatable bonds is 6. The van der Waals surface area contributed by atoms with Crippen molar-refractivity contribution < 1.29 is 14.6 Å². The van der Waals surface area contributed by atoms with Crippen molar-refractivity contribution in [2.75, 3.05) is 36.6 Å². The Hall–Kier alpha value is -3.23. The molecule has 0 spiro atoms. The minimum atomic E-state index is -0.971. The smallest absolute Gasteiger partial charge is 0.335 e. The fourth-order valence-electron chi connectivity index (χ4n) is 2.99. The third kappa shape index (κ3) is 4.61. The van der Waals surface area contributed by atoms with Gasteiger partial charge in [0.15, 0.2) is 5.13 Å². The molecule has 2 aromatic carbocycles. The van der Waals surface area contributed by atoms with Crippen LogP contribution in [0.25, 0.3) is 11.3 Å². The van der Waals surface area contributed by atoms with E-state index in [2.05, 4.69) is 15.4 Å². The zero-order valence-electron chi connectivity index (χ0n) is 15.6. The molecule has 1 aromatic heterocycles. The third-order valence-corrected chi connectivity index (χ3v) is 5.51. The molecule has 1 aliphatic rings.